The molecule has 0 aliphatic heterocycles. The van der Waals surface area contributed by atoms with E-state index in [0.717, 1.165) is 20.9 Å². The molecule has 2 aromatic rings. The van der Waals surface area contributed by atoms with Gasteiger partial charge in [0, 0.05) is 18.2 Å². The second kappa shape index (κ2) is 6.84. The van der Waals surface area contributed by atoms with Crippen LogP contribution in [0.15, 0.2) is 18.2 Å². The number of rotatable bonds is 4. The summed E-state index contributed by atoms with van der Waals surface area (Å²) in [5.41, 5.74) is 1.82. The maximum Gasteiger partial charge on any atom is 0.228 e. The molecule has 0 saturated heterocycles. The van der Waals surface area contributed by atoms with Gasteiger partial charge in [-0.05, 0) is 32.2 Å². The van der Waals surface area contributed by atoms with Crippen molar-refractivity contribution in [1.29, 1.82) is 0 Å². The minimum absolute atomic E-state index is 0. The number of hydrogen-bond acceptors (Lipinski definition) is 4. The molecule has 104 valence electrons. The van der Waals surface area contributed by atoms with Crippen molar-refractivity contribution >= 4 is 45.6 Å². The monoisotopic (exact) mass is 299 g/mol. The molecule has 4 nitrogen and oxygen atoms in total. The molecule has 0 radical (unpaired) electrons. The first-order chi connectivity index (χ1) is 8.60. The Hall–Kier alpha value is -1.17. The number of amides is 1. The zero-order valence-corrected chi connectivity index (χ0v) is 12.8. The van der Waals surface area contributed by atoms with Gasteiger partial charge in [0.1, 0.15) is 0 Å². The maximum absolute atomic E-state index is 11.9. The van der Waals surface area contributed by atoms with E-state index in [4.69, 9.17) is 0 Å². The van der Waals surface area contributed by atoms with E-state index in [1.165, 1.54) is 0 Å². The average molecular weight is 300 g/mol. The fraction of sp³-hybridized carbons (Fsp3) is 0.385. The van der Waals surface area contributed by atoms with Crippen molar-refractivity contribution in [3.05, 3.63) is 23.2 Å². The second-order valence-electron chi connectivity index (χ2n) is 4.36. The number of anilines is 1. The normalized spacial score (nSPS) is 11.9. The quantitative estimate of drug-likeness (QED) is 0.913. The van der Waals surface area contributed by atoms with Gasteiger partial charge in [0.15, 0.2) is 0 Å². The summed E-state index contributed by atoms with van der Waals surface area (Å²) in [5.74, 6) is -0.0150. The van der Waals surface area contributed by atoms with Gasteiger partial charge in [-0.15, -0.1) is 23.7 Å². The van der Waals surface area contributed by atoms with E-state index in [1.54, 1.807) is 11.3 Å². The van der Waals surface area contributed by atoms with E-state index >= 15 is 0 Å². The molecule has 1 aromatic carbocycles. The lowest BCUT2D eigenvalue weighted by atomic mass is 10.1. The summed E-state index contributed by atoms with van der Waals surface area (Å²) in [6, 6.07) is 5.81. The first-order valence-corrected chi connectivity index (χ1v) is 6.74. The molecule has 0 spiro atoms. The predicted molar refractivity (Wildman–Crippen MR) is 83.3 cm³/mol. The molecule has 0 fully saturated rings. The van der Waals surface area contributed by atoms with Gasteiger partial charge in [0.05, 0.1) is 15.2 Å². The molecular formula is C13H18ClN3OS. The van der Waals surface area contributed by atoms with Crippen molar-refractivity contribution in [2.45, 2.75) is 13.8 Å². The van der Waals surface area contributed by atoms with E-state index in [9.17, 15) is 4.79 Å². The molecule has 0 saturated carbocycles. The van der Waals surface area contributed by atoms with E-state index < -0.39 is 0 Å². The fourth-order valence-electron chi connectivity index (χ4n) is 1.78. The summed E-state index contributed by atoms with van der Waals surface area (Å²) >= 11 is 1.64. The number of carbonyl (C=O) groups is 1. The number of hydrogen-bond donors (Lipinski definition) is 2. The van der Waals surface area contributed by atoms with Crippen LogP contribution < -0.4 is 10.6 Å². The topological polar surface area (TPSA) is 54.0 Å². The summed E-state index contributed by atoms with van der Waals surface area (Å²) in [7, 11) is 1.84. The van der Waals surface area contributed by atoms with Crippen LogP contribution in [0, 0.1) is 12.8 Å². The van der Waals surface area contributed by atoms with Crippen molar-refractivity contribution in [2.75, 3.05) is 18.9 Å². The highest BCUT2D eigenvalue weighted by molar-refractivity contribution is 7.18. The highest BCUT2D eigenvalue weighted by Gasteiger charge is 2.12. The Morgan fingerprint density at radius 2 is 2.21 bits per heavy atom. The number of nitrogens with zero attached hydrogens (tertiary/aromatic N) is 1. The summed E-state index contributed by atoms with van der Waals surface area (Å²) < 4.78 is 1.10. The Morgan fingerprint density at radius 1 is 1.47 bits per heavy atom. The van der Waals surface area contributed by atoms with Crippen molar-refractivity contribution in [1.82, 2.24) is 10.3 Å². The Kier molecular flexibility index (Phi) is 5.72. The molecule has 1 heterocycles. The van der Waals surface area contributed by atoms with Crippen LogP contribution >= 0.6 is 23.7 Å². The predicted octanol–water partition coefficient (Wildman–Crippen LogP) is 2.82. The largest absolute Gasteiger partial charge is 0.326 e. The fourth-order valence-corrected chi connectivity index (χ4v) is 2.65. The number of aromatic nitrogens is 1. The number of fused-ring (bicyclic) bond motifs is 1. The molecule has 19 heavy (non-hydrogen) atoms. The Balaban J connectivity index is 0.00000180. The van der Waals surface area contributed by atoms with Gasteiger partial charge in [-0.1, -0.05) is 6.92 Å². The molecule has 0 aliphatic rings. The lowest BCUT2D eigenvalue weighted by molar-refractivity contribution is -0.119. The van der Waals surface area contributed by atoms with Crippen LogP contribution in [0.1, 0.15) is 11.9 Å². The summed E-state index contributed by atoms with van der Waals surface area (Å²) in [5, 5.41) is 6.97. The first-order valence-electron chi connectivity index (χ1n) is 5.93. The molecule has 1 aromatic heterocycles. The van der Waals surface area contributed by atoms with E-state index in [0.29, 0.717) is 6.54 Å². The number of halogens is 1. The third kappa shape index (κ3) is 3.89. The minimum atomic E-state index is -0.0473. The van der Waals surface area contributed by atoms with Gasteiger partial charge in [0.25, 0.3) is 0 Å². The minimum Gasteiger partial charge on any atom is -0.326 e. The van der Waals surface area contributed by atoms with E-state index in [1.807, 2.05) is 39.1 Å². The van der Waals surface area contributed by atoms with E-state index in [-0.39, 0.29) is 24.2 Å². The molecule has 1 atom stereocenters. The van der Waals surface area contributed by atoms with Crippen molar-refractivity contribution in [3.63, 3.8) is 0 Å². The maximum atomic E-state index is 11.9. The molecule has 2 N–H and O–H groups in total. The van der Waals surface area contributed by atoms with E-state index in [2.05, 4.69) is 15.6 Å². The number of benzene rings is 1. The molecular weight excluding hydrogens is 282 g/mol. The van der Waals surface area contributed by atoms with Crippen LogP contribution in [-0.4, -0.2) is 24.5 Å². The third-order valence-corrected chi connectivity index (χ3v) is 3.65. The zero-order chi connectivity index (χ0) is 13.1. The highest BCUT2D eigenvalue weighted by Crippen LogP contribution is 2.24. The SMILES string of the molecule is CNCC(C)C(=O)Nc1ccc2nc(C)sc2c1.Cl. The van der Waals surface area contributed by atoms with Crippen molar-refractivity contribution in [2.24, 2.45) is 5.92 Å². The number of aryl methyl sites for hydroxylation is 1. The van der Waals surface area contributed by atoms with Gasteiger partial charge < -0.3 is 10.6 Å². The van der Waals surface area contributed by atoms with Crippen LogP contribution in [0.5, 0.6) is 0 Å². The average Bonchev–Trinajstić information content (AvgIpc) is 2.68. The van der Waals surface area contributed by atoms with Gasteiger partial charge in [-0.2, -0.15) is 0 Å². The van der Waals surface area contributed by atoms with Crippen molar-refractivity contribution in [3.8, 4) is 0 Å². The standard InChI is InChI=1S/C13H17N3OS.ClH/c1-8(7-14-3)13(17)16-10-4-5-11-12(6-10)18-9(2)15-11;/h4-6,8,14H,7H2,1-3H3,(H,16,17);1H. The van der Waals surface area contributed by atoms with Crippen molar-refractivity contribution < 1.29 is 4.79 Å². The Morgan fingerprint density at radius 3 is 2.89 bits per heavy atom. The van der Waals surface area contributed by atoms with Gasteiger partial charge in [-0.25, -0.2) is 4.98 Å². The number of thiazole rings is 1. The van der Waals surface area contributed by atoms with Gasteiger partial charge >= 0.3 is 0 Å². The summed E-state index contributed by atoms with van der Waals surface area (Å²) in [4.78, 5) is 16.3. The van der Waals surface area contributed by atoms with Gasteiger partial charge in [-0.3, -0.25) is 4.79 Å². The molecule has 6 heteroatoms. The first kappa shape index (κ1) is 15.9. The summed E-state index contributed by atoms with van der Waals surface area (Å²) in [6.45, 7) is 4.56. The third-order valence-electron chi connectivity index (χ3n) is 2.72. The Bertz CT molecular complexity index is 570. The molecule has 1 amide bonds. The highest BCUT2D eigenvalue weighted by atomic mass is 35.5. The molecule has 0 bridgehead atoms. The smallest absolute Gasteiger partial charge is 0.228 e. The van der Waals surface area contributed by atoms with Gasteiger partial charge in [0.2, 0.25) is 5.91 Å². The number of nitrogens with one attached hydrogen (secondary N) is 2. The van der Waals surface area contributed by atoms with Crippen LogP contribution in [0.3, 0.4) is 0 Å². The molecule has 0 aliphatic carbocycles. The lowest BCUT2D eigenvalue weighted by Crippen LogP contribution is -2.28. The molecule has 2 rings (SSSR count). The zero-order valence-electron chi connectivity index (χ0n) is 11.2. The van der Waals surface area contributed by atoms with Crippen LogP contribution in [0.2, 0.25) is 0 Å². The van der Waals surface area contributed by atoms with Crippen LogP contribution in [0.25, 0.3) is 10.2 Å². The second-order valence-corrected chi connectivity index (χ2v) is 5.60. The summed E-state index contributed by atoms with van der Waals surface area (Å²) in [6.07, 6.45) is 0. The molecule has 1 unspecified atom stereocenters. The lowest BCUT2D eigenvalue weighted by Gasteiger charge is -2.11. The van der Waals surface area contributed by atoms with Crippen LogP contribution in [0.4, 0.5) is 5.69 Å². The number of carbonyl (C=O) groups excluding carboxylic acids is 1. The van der Waals surface area contributed by atoms with Crippen LogP contribution in [-0.2, 0) is 4.79 Å². The Labute approximate surface area is 123 Å².